The van der Waals surface area contributed by atoms with Gasteiger partial charge in [0.25, 0.3) is 0 Å². The Kier molecular flexibility index (Phi) is 5.09. The summed E-state index contributed by atoms with van der Waals surface area (Å²) in [6.07, 6.45) is -0.218. The monoisotopic (exact) mass is 281 g/mol. The van der Waals surface area contributed by atoms with Crippen LogP contribution in [0.4, 0.5) is 4.39 Å². The van der Waals surface area contributed by atoms with E-state index in [1.165, 1.54) is 18.2 Å². The number of benzene rings is 1. The van der Waals surface area contributed by atoms with Gasteiger partial charge in [0, 0.05) is 19.2 Å². The third kappa shape index (κ3) is 3.77. The first-order chi connectivity index (χ1) is 9.58. The van der Waals surface area contributed by atoms with E-state index in [-0.39, 0.29) is 18.4 Å². The zero-order valence-electron chi connectivity index (χ0n) is 11.6. The Bertz CT molecular complexity index is 466. The number of hydrogen-bond acceptors (Lipinski definition) is 3. The second kappa shape index (κ2) is 6.81. The molecule has 0 spiro atoms. The Hall–Kier alpha value is -1.46. The van der Waals surface area contributed by atoms with Crippen LogP contribution in [0.2, 0.25) is 0 Å². The van der Waals surface area contributed by atoms with Gasteiger partial charge in [-0.15, -0.1) is 0 Å². The van der Waals surface area contributed by atoms with Crippen LogP contribution < -0.4 is 0 Å². The van der Waals surface area contributed by atoms with Gasteiger partial charge in [-0.1, -0.05) is 12.1 Å². The molecule has 110 valence electrons. The molecule has 1 aromatic carbocycles. The molecule has 5 heteroatoms. The van der Waals surface area contributed by atoms with Crippen molar-refractivity contribution in [3.63, 3.8) is 0 Å². The van der Waals surface area contributed by atoms with Gasteiger partial charge in [0.05, 0.1) is 19.1 Å². The Morgan fingerprint density at radius 1 is 1.55 bits per heavy atom. The minimum atomic E-state index is -0.977. The fraction of sp³-hybridized carbons (Fsp3) is 0.533. The molecule has 1 N–H and O–H groups in total. The van der Waals surface area contributed by atoms with Crippen molar-refractivity contribution in [3.05, 3.63) is 35.6 Å². The maximum absolute atomic E-state index is 13.1. The topological polar surface area (TPSA) is 49.8 Å². The standard InChI is InChI=1S/C15H20FNO3/c1-11-5-7-20-8-6-17(11)15(19)10-14(18)12-3-2-4-13(16)9-12/h2-4,9,11,14,18H,5-8,10H2,1H3. The highest BCUT2D eigenvalue weighted by molar-refractivity contribution is 5.77. The maximum Gasteiger partial charge on any atom is 0.225 e. The molecular weight excluding hydrogens is 261 g/mol. The highest BCUT2D eigenvalue weighted by atomic mass is 19.1. The molecule has 20 heavy (non-hydrogen) atoms. The van der Waals surface area contributed by atoms with E-state index in [2.05, 4.69) is 0 Å². The number of halogens is 1. The van der Waals surface area contributed by atoms with Gasteiger partial charge < -0.3 is 14.7 Å². The molecule has 2 atom stereocenters. The Labute approximate surface area is 118 Å². The summed E-state index contributed by atoms with van der Waals surface area (Å²) in [4.78, 5) is 14.0. The first-order valence-corrected chi connectivity index (χ1v) is 6.88. The molecule has 0 bridgehead atoms. The van der Waals surface area contributed by atoms with E-state index in [9.17, 15) is 14.3 Å². The van der Waals surface area contributed by atoms with Crippen LogP contribution in [0.15, 0.2) is 24.3 Å². The van der Waals surface area contributed by atoms with Crippen molar-refractivity contribution >= 4 is 5.91 Å². The van der Waals surface area contributed by atoms with E-state index in [4.69, 9.17) is 4.74 Å². The summed E-state index contributed by atoms with van der Waals surface area (Å²) in [6, 6.07) is 5.82. The van der Waals surface area contributed by atoms with Crippen molar-refractivity contribution in [2.75, 3.05) is 19.8 Å². The predicted octanol–water partition coefficient (Wildman–Crippen LogP) is 1.89. The second-order valence-electron chi connectivity index (χ2n) is 5.11. The molecular formula is C15H20FNO3. The smallest absolute Gasteiger partial charge is 0.225 e. The highest BCUT2D eigenvalue weighted by Crippen LogP contribution is 2.20. The van der Waals surface area contributed by atoms with E-state index in [0.717, 1.165) is 6.42 Å². The summed E-state index contributed by atoms with van der Waals surface area (Å²) < 4.78 is 18.5. The van der Waals surface area contributed by atoms with E-state index < -0.39 is 11.9 Å². The van der Waals surface area contributed by atoms with Crippen molar-refractivity contribution in [3.8, 4) is 0 Å². The highest BCUT2D eigenvalue weighted by Gasteiger charge is 2.24. The number of aliphatic hydroxyl groups excluding tert-OH is 1. The van der Waals surface area contributed by atoms with Gasteiger partial charge in [-0.25, -0.2) is 4.39 Å². The molecule has 2 rings (SSSR count). The fourth-order valence-corrected chi connectivity index (χ4v) is 2.38. The molecule has 0 aromatic heterocycles. The Morgan fingerprint density at radius 2 is 2.35 bits per heavy atom. The molecule has 1 amide bonds. The van der Waals surface area contributed by atoms with Crippen molar-refractivity contribution in [2.45, 2.75) is 31.9 Å². The zero-order chi connectivity index (χ0) is 14.5. The summed E-state index contributed by atoms with van der Waals surface area (Å²) in [5, 5.41) is 10.1. The van der Waals surface area contributed by atoms with E-state index in [1.807, 2.05) is 6.92 Å². The van der Waals surface area contributed by atoms with Crippen LogP contribution in [0.5, 0.6) is 0 Å². The Balaban J connectivity index is 1.99. The Morgan fingerprint density at radius 3 is 3.10 bits per heavy atom. The quantitative estimate of drug-likeness (QED) is 0.920. The third-order valence-electron chi connectivity index (χ3n) is 3.61. The molecule has 1 aromatic rings. The normalized spacial score (nSPS) is 21.4. The summed E-state index contributed by atoms with van der Waals surface area (Å²) >= 11 is 0. The van der Waals surface area contributed by atoms with Crippen LogP contribution in [0, 0.1) is 5.82 Å². The lowest BCUT2D eigenvalue weighted by molar-refractivity contribution is -0.135. The molecule has 4 nitrogen and oxygen atoms in total. The average Bonchev–Trinajstić information content (AvgIpc) is 2.63. The minimum absolute atomic E-state index is 0.0339. The van der Waals surface area contributed by atoms with Gasteiger partial charge in [-0.3, -0.25) is 4.79 Å². The van der Waals surface area contributed by atoms with Gasteiger partial charge in [0.2, 0.25) is 5.91 Å². The summed E-state index contributed by atoms with van der Waals surface area (Å²) in [5.41, 5.74) is 0.428. The van der Waals surface area contributed by atoms with Crippen LogP contribution in [0.25, 0.3) is 0 Å². The molecule has 0 radical (unpaired) electrons. The molecule has 0 aliphatic carbocycles. The lowest BCUT2D eigenvalue weighted by Crippen LogP contribution is -2.39. The van der Waals surface area contributed by atoms with Crippen LogP contribution >= 0.6 is 0 Å². The summed E-state index contributed by atoms with van der Waals surface area (Å²) in [6.45, 7) is 3.68. The van der Waals surface area contributed by atoms with Crippen molar-refractivity contribution in [1.29, 1.82) is 0 Å². The fourth-order valence-electron chi connectivity index (χ4n) is 2.38. The van der Waals surface area contributed by atoms with Crippen molar-refractivity contribution < 1.29 is 19.0 Å². The molecule has 0 saturated carbocycles. The average molecular weight is 281 g/mol. The van der Waals surface area contributed by atoms with Gasteiger partial charge >= 0.3 is 0 Å². The molecule has 1 saturated heterocycles. The molecule has 1 fully saturated rings. The molecule has 1 aliphatic rings. The van der Waals surface area contributed by atoms with Crippen molar-refractivity contribution in [1.82, 2.24) is 4.90 Å². The molecule has 1 heterocycles. The number of aliphatic hydroxyl groups is 1. The number of amides is 1. The van der Waals surface area contributed by atoms with Gasteiger partial charge in [-0.05, 0) is 31.0 Å². The maximum atomic E-state index is 13.1. The van der Waals surface area contributed by atoms with Crippen LogP contribution in [-0.4, -0.2) is 41.7 Å². The number of ether oxygens (including phenoxy) is 1. The van der Waals surface area contributed by atoms with Crippen LogP contribution in [0.1, 0.15) is 31.4 Å². The number of carbonyl (C=O) groups excluding carboxylic acids is 1. The zero-order valence-corrected chi connectivity index (χ0v) is 11.6. The van der Waals surface area contributed by atoms with Gasteiger partial charge in [0.15, 0.2) is 0 Å². The van der Waals surface area contributed by atoms with E-state index in [1.54, 1.807) is 11.0 Å². The summed E-state index contributed by atoms with van der Waals surface area (Å²) in [7, 11) is 0. The lowest BCUT2D eigenvalue weighted by atomic mass is 10.1. The second-order valence-corrected chi connectivity index (χ2v) is 5.11. The summed E-state index contributed by atoms with van der Waals surface area (Å²) in [5.74, 6) is -0.537. The third-order valence-corrected chi connectivity index (χ3v) is 3.61. The minimum Gasteiger partial charge on any atom is -0.388 e. The van der Waals surface area contributed by atoms with Crippen LogP contribution in [0.3, 0.4) is 0 Å². The predicted molar refractivity (Wildman–Crippen MR) is 72.6 cm³/mol. The first kappa shape index (κ1) is 14.9. The SMILES string of the molecule is CC1CCOCCN1C(=O)CC(O)c1cccc(F)c1. The van der Waals surface area contributed by atoms with Gasteiger partial charge in [0.1, 0.15) is 5.82 Å². The van der Waals surface area contributed by atoms with E-state index >= 15 is 0 Å². The van der Waals surface area contributed by atoms with Crippen molar-refractivity contribution in [2.24, 2.45) is 0 Å². The van der Waals surface area contributed by atoms with Gasteiger partial charge in [-0.2, -0.15) is 0 Å². The molecule has 1 aliphatic heterocycles. The number of hydrogen-bond donors (Lipinski definition) is 1. The number of nitrogens with zero attached hydrogens (tertiary/aromatic N) is 1. The molecule has 2 unspecified atom stereocenters. The van der Waals surface area contributed by atoms with Crippen LogP contribution in [-0.2, 0) is 9.53 Å². The number of carbonyl (C=O) groups is 1. The largest absolute Gasteiger partial charge is 0.388 e. The lowest BCUT2D eigenvalue weighted by Gasteiger charge is -2.27. The number of rotatable bonds is 3. The van der Waals surface area contributed by atoms with E-state index in [0.29, 0.717) is 25.3 Å². The first-order valence-electron chi connectivity index (χ1n) is 6.88.